The van der Waals surface area contributed by atoms with Gasteiger partial charge in [-0.1, -0.05) is 50.2 Å². The maximum Gasteiger partial charge on any atom is 0.313 e. The molecule has 1 amide bonds. The lowest BCUT2D eigenvalue weighted by Gasteiger charge is -2.41. The smallest absolute Gasteiger partial charge is 0.313 e. The number of carbonyl (C=O) groups is 2. The second-order valence-corrected chi connectivity index (χ2v) is 6.72. The Bertz CT molecular complexity index is 818. The summed E-state index contributed by atoms with van der Waals surface area (Å²) in [7, 11) is 0. The summed E-state index contributed by atoms with van der Waals surface area (Å²) in [4.78, 5) is 26.6. The van der Waals surface area contributed by atoms with Crippen molar-refractivity contribution in [3.8, 4) is 0 Å². The number of aliphatic carboxylic acids is 1. The first-order valence-electron chi connectivity index (χ1n) is 8.29. The summed E-state index contributed by atoms with van der Waals surface area (Å²) in [5, 5.41) is 9.89. The standard InChI is InChI=1S/C20H20FNO3/c1-12(2)11-22-18(15-9-5-6-10-16(15)21)17(20(24)25)13-7-3-4-8-14(13)19(22)23/h3-10,12,17-18H,11H2,1-2H3,(H,24,25). The monoisotopic (exact) mass is 341 g/mol. The Balaban J connectivity index is 2.24. The van der Waals surface area contributed by atoms with Crippen LogP contribution in [0.3, 0.4) is 0 Å². The number of hydrogen-bond acceptors (Lipinski definition) is 2. The van der Waals surface area contributed by atoms with E-state index in [1.54, 1.807) is 42.5 Å². The van der Waals surface area contributed by atoms with Crippen LogP contribution in [0.2, 0.25) is 0 Å². The van der Waals surface area contributed by atoms with Gasteiger partial charge in [-0.05, 0) is 23.6 Å². The Labute approximate surface area is 145 Å². The average Bonchev–Trinajstić information content (AvgIpc) is 2.57. The van der Waals surface area contributed by atoms with Gasteiger partial charge in [0, 0.05) is 17.7 Å². The number of amides is 1. The van der Waals surface area contributed by atoms with E-state index in [0.717, 1.165) is 0 Å². The Morgan fingerprint density at radius 2 is 1.72 bits per heavy atom. The lowest BCUT2D eigenvalue weighted by molar-refractivity contribution is -0.140. The third-order valence-electron chi connectivity index (χ3n) is 4.49. The fourth-order valence-electron chi connectivity index (χ4n) is 3.51. The number of carboxylic acid groups (broad SMARTS) is 1. The van der Waals surface area contributed by atoms with E-state index < -0.39 is 23.7 Å². The molecule has 5 heteroatoms. The molecule has 0 aliphatic carbocycles. The molecule has 0 saturated heterocycles. The van der Waals surface area contributed by atoms with Crippen LogP contribution in [0.4, 0.5) is 4.39 Å². The third-order valence-corrected chi connectivity index (χ3v) is 4.49. The number of carboxylic acids is 1. The van der Waals surface area contributed by atoms with Crippen molar-refractivity contribution in [3.63, 3.8) is 0 Å². The van der Waals surface area contributed by atoms with Crippen LogP contribution in [0.15, 0.2) is 48.5 Å². The minimum Gasteiger partial charge on any atom is -0.481 e. The lowest BCUT2D eigenvalue weighted by Crippen LogP contribution is -2.46. The molecule has 2 atom stereocenters. The topological polar surface area (TPSA) is 57.6 Å². The molecular formula is C20H20FNO3. The van der Waals surface area contributed by atoms with Crippen molar-refractivity contribution in [1.82, 2.24) is 4.90 Å². The van der Waals surface area contributed by atoms with E-state index in [0.29, 0.717) is 17.7 Å². The van der Waals surface area contributed by atoms with E-state index in [4.69, 9.17) is 0 Å². The summed E-state index contributed by atoms with van der Waals surface area (Å²) in [5.41, 5.74) is 1.05. The minimum absolute atomic E-state index is 0.123. The van der Waals surface area contributed by atoms with E-state index in [1.807, 2.05) is 13.8 Å². The molecule has 1 aliphatic heterocycles. The molecule has 2 aromatic carbocycles. The van der Waals surface area contributed by atoms with Crippen molar-refractivity contribution in [2.24, 2.45) is 5.92 Å². The van der Waals surface area contributed by atoms with Crippen molar-refractivity contribution in [2.75, 3.05) is 6.54 Å². The second-order valence-electron chi connectivity index (χ2n) is 6.72. The maximum absolute atomic E-state index is 14.5. The summed E-state index contributed by atoms with van der Waals surface area (Å²) in [6.45, 7) is 4.25. The normalized spacial score (nSPS) is 19.8. The van der Waals surface area contributed by atoms with Crippen LogP contribution in [-0.4, -0.2) is 28.4 Å². The Hall–Kier alpha value is -2.69. The van der Waals surface area contributed by atoms with Gasteiger partial charge < -0.3 is 10.0 Å². The van der Waals surface area contributed by atoms with Crippen molar-refractivity contribution in [3.05, 3.63) is 71.0 Å². The highest BCUT2D eigenvalue weighted by atomic mass is 19.1. The van der Waals surface area contributed by atoms with Crippen molar-refractivity contribution in [1.29, 1.82) is 0 Å². The molecule has 130 valence electrons. The third kappa shape index (κ3) is 3.02. The number of rotatable bonds is 4. The van der Waals surface area contributed by atoms with Gasteiger partial charge in [0.15, 0.2) is 0 Å². The summed E-state index contributed by atoms with van der Waals surface area (Å²) >= 11 is 0. The molecule has 0 spiro atoms. The molecule has 25 heavy (non-hydrogen) atoms. The molecule has 2 unspecified atom stereocenters. The molecule has 4 nitrogen and oxygen atoms in total. The molecule has 0 bridgehead atoms. The summed E-state index contributed by atoms with van der Waals surface area (Å²) in [6.07, 6.45) is 0. The van der Waals surface area contributed by atoms with Crippen molar-refractivity contribution >= 4 is 11.9 Å². The fourth-order valence-corrected chi connectivity index (χ4v) is 3.51. The highest BCUT2D eigenvalue weighted by molar-refractivity contribution is 6.00. The number of carbonyl (C=O) groups excluding carboxylic acids is 1. The molecule has 3 rings (SSSR count). The van der Waals surface area contributed by atoms with Crippen molar-refractivity contribution in [2.45, 2.75) is 25.8 Å². The van der Waals surface area contributed by atoms with Gasteiger partial charge in [0.05, 0.1) is 6.04 Å². The number of hydrogen-bond donors (Lipinski definition) is 1. The highest BCUT2D eigenvalue weighted by Gasteiger charge is 2.45. The van der Waals surface area contributed by atoms with Gasteiger partial charge in [-0.15, -0.1) is 0 Å². The molecule has 1 heterocycles. The van der Waals surface area contributed by atoms with E-state index in [1.165, 1.54) is 11.0 Å². The first kappa shape index (κ1) is 17.1. The zero-order chi connectivity index (χ0) is 18.1. The van der Waals surface area contributed by atoms with Crippen molar-refractivity contribution < 1.29 is 19.1 Å². The summed E-state index contributed by atoms with van der Waals surface area (Å²) in [6, 6.07) is 11.9. The van der Waals surface area contributed by atoms with Gasteiger partial charge in [-0.3, -0.25) is 9.59 Å². The molecule has 0 fully saturated rings. The quantitative estimate of drug-likeness (QED) is 0.919. The van der Waals surface area contributed by atoms with Crippen LogP contribution in [0.25, 0.3) is 0 Å². The van der Waals surface area contributed by atoms with Gasteiger partial charge >= 0.3 is 5.97 Å². The molecule has 2 aromatic rings. The van der Waals surface area contributed by atoms with Gasteiger partial charge in [0.2, 0.25) is 0 Å². The molecule has 0 radical (unpaired) electrons. The molecule has 0 aromatic heterocycles. The Morgan fingerprint density at radius 3 is 2.32 bits per heavy atom. The largest absolute Gasteiger partial charge is 0.481 e. The number of halogens is 1. The Kier molecular flexibility index (Phi) is 4.57. The molecule has 1 aliphatic rings. The zero-order valence-electron chi connectivity index (χ0n) is 14.1. The number of fused-ring (bicyclic) bond motifs is 1. The van der Waals surface area contributed by atoms with Crippen LogP contribution < -0.4 is 0 Å². The Morgan fingerprint density at radius 1 is 1.12 bits per heavy atom. The molecule has 1 N–H and O–H groups in total. The van der Waals surface area contributed by atoms with Gasteiger partial charge in [-0.2, -0.15) is 0 Å². The fraction of sp³-hybridized carbons (Fsp3) is 0.300. The van der Waals surface area contributed by atoms with Crippen LogP contribution >= 0.6 is 0 Å². The SMILES string of the molecule is CC(C)CN1C(=O)c2ccccc2C(C(=O)O)C1c1ccccc1F. The second kappa shape index (κ2) is 6.67. The van der Waals surface area contributed by atoms with Gasteiger partial charge in [-0.25, -0.2) is 4.39 Å². The van der Waals surface area contributed by atoms with E-state index in [2.05, 4.69) is 0 Å². The van der Waals surface area contributed by atoms with Gasteiger partial charge in [0.25, 0.3) is 5.91 Å². The van der Waals surface area contributed by atoms with E-state index in [-0.39, 0.29) is 17.4 Å². The first-order valence-corrected chi connectivity index (χ1v) is 8.29. The number of benzene rings is 2. The molecule has 0 saturated carbocycles. The highest BCUT2D eigenvalue weighted by Crippen LogP contribution is 2.43. The first-order chi connectivity index (χ1) is 11.9. The number of nitrogens with zero attached hydrogens (tertiary/aromatic N) is 1. The van der Waals surface area contributed by atoms with Crippen LogP contribution in [0.1, 0.15) is 47.3 Å². The van der Waals surface area contributed by atoms with E-state index in [9.17, 15) is 19.1 Å². The van der Waals surface area contributed by atoms with Crippen LogP contribution in [0, 0.1) is 11.7 Å². The zero-order valence-corrected chi connectivity index (χ0v) is 14.1. The van der Waals surface area contributed by atoms with Crippen LogP contribution in [0.5, 0.6) is 0 Å². The maximum atomic E-state index is 14.5. The molecular weight excluding hydrogens is 321 g/mol. The van der Waals surface area contributed by atoms with Crippen LogP contribution in [-0.2, 0) is 4.79 Å². The van der Waals surface area contributed by atoms with Gasteiger partial charge in [0.1, 0.15) is 11.7 Å². The summed E-state index contributed by atoms with van der Waals surface area (Å²) in [5.74, 6) is -2.71. The lowest BCUT2D eigenvalue weighted by atomic mass is 9.79. The summed E-state index contributed by atoms with van der Waals surface area (Å²) < 4.78 is 14.5. The van der Waals surface area contributed by atoms with E-state index >= 15 is 0 Å². The predicted molar refractivity (Wildman–Crippen MR) is 91.8 cm³/mol. The predicted octanol–water partition coefficient (Wildman–Crippen LogP) is 3.85. The average molecular weight is 341 g/mol. The minimum atomic E-state index is -1.07.